The van der Waals surface area contributed by atoms with E-state index < -0.39 is 10.1 Å². The molecule has 3 rings (SSSR count). The summed E-state index contributed by atoms with van der Waals surface area (Å²) in [5, 5.41) is 11.0. The van der Waals surface area contributed by atoms with Crippen LogP contribution in [-0.2, 0) is 10.1 Å². The Bertz CT molecular complexity index is 883. The van der Waals surface area contributed by atoms with E-state index in [1.54, 1.807) is 24.4 Å². The number of hydrogen-bond acceptors (Lipinski definition) is 3. The fourth-order valence-corrected chi connectivity index (χ4v) is 2.75. The second-order valence-electron chi connectivity index (χ2n) is 4.40. The summed E-state index contributed by atoms with van der Waals surface area (Å²) in [6.45, 7) is 0. The van der Waals surface area contributed by atoms with Gasteiger partial charge in [-0.3, -0.25) is 4.55 Å². The van der Waals surface area contributed by atoms with Crippen molar-refractivity contribution in [2.24, 2.45) is 0 Å². The second kappa shape index (κ2) is 4.36. The lowest BCUT2D eigenvalue weighted by molar-refractivity contribution is 0.471. The van der Waals surface area contributed by atoms with E-state index in [-0.39, 0.29) is 10.6 Å². The average molecular weight is 289 g/mol. The van der Waals surface area contributed by atoms with Gasteiger partial charge in [-0.25, -0.2) is 0 Å². The van der Waals surface area contributed by atoms with Crippen LogP contribution < -0.4 is 0 Å². The number of H-pyrrole nitrogens is 1. The molecule has 102 valence electrons. The molecule has 1 heterocycles. The molecule has 0 aliphatic heterocycles. The Morgan fingerprint density at radius 3 is 2.45 bits per heavy atom. The van der Waals surface area contributed by atoms with Crippen molar-refractivity contribution in [2.75, 3.05) is 0 Å². The number of aromatic amines is 1. The summed E-state index contributed by atoms with van der Waals surface area (Å²) in [5.41, 5.74) is 1.54. The zero-order valence-electron chi connectivity index (χ0n) is 10.2. The quantitative estimate of drug-likeness (QED) is 0.633. The molecule has 6 heteroatoms. The van der Waals surface area contributed by atoms with Crippen LogP contribution in [0.25, 0.3) is 22.0 Å². The second-order valence-corrected chi connectivity index (χ2v) is 5.82. The summed E-state index contributed by atoms with van der Waals surface area (Å²) >= 11 is 0. The maximum atomic E-state index is 11.3. The zero-order valence-corrected chi connectivity index (χ0v) is 11.1. The minimum absolute atomic E-state index is 0.191. The number of fused-ring (bicyclic) bond motifs is 1. The van der Waals surface area contributed by atoms with Gasteiger partial charge in [0, 0.05) is 28.9 Å². The molecular weight excluding hydrogens is 278 g/mol. The van der Waals surface area contributed by atoms with Gasteiger partial charge < -0.3 is 10.1 Å². The Morgan fingerprint density at radius 1 is 1.00 bits per heavy atom. The van der Waals surface area contributed by atoms with Gasteiger partial charge in [-0.15, -0.1) is 0 Å². The van der Waals surface area contributed by atoms with Gasteiger partial charge in [0.25, 0.3) is 10.1 Å². The van der Waals surface area contributed by atoms with E-state index in [1.165, 1.54) is 6.07 Å². The van der Waals surface area contributed by atoms with Gasteiger partial charge in [0.15, 0.2) is 0 Å². The van der Waals surface area contributed by atoms with Crippen LogP contribution in [0.3, 0.4) is 0 Å². The molecule has 0 atom stereocenters. The van der Waals surface area contributed by atoms with Crippen LogP contribution in [0.5, 0.6) is 5.75 Å². The van der Waals surface area contributed by atoms with Crippen molar-refractivity contribution in [2.45, 2.75) is 4.90 Å². The highest BCUT2D eigenvalue weighted by Gasteiger charge is 2.15. The topological polar surface area (TPSA) is 90.4 Å². The lowest BCUT2D eigenvalue weighted by Gasteiger charge is -2.08. The lowest BCUT2D eigenvalue weighted by Crippen LogP contribution is -1.98. The highest BCUT2D eigenvalue weighted by molar-refractivity contribution is 7.85. The van der Waals surface area contributed by atoms with E-state index in [1.807, 2.05) is 12.1 Å². The number of rotatable bonds is 2. The summed E-state index contributed by atoms with van der Waals surface area (Å²) in [7, 11) is -4.37. The Balaban J connectivity index is 2.41. The highest BCUT2D eigenvalue weighted by atomic mass is 32.2. The van der Waals surface area contributed by atoms with Crippen LogP contribution in [0.15, 0.2) is 53.6 Å². The number of benzene rings is 2. The van der Waals surface area contributed by atoms with Crippen molar-refractivity contribution in [1.29, 1.82) is 0 Å². The molecule has 0 amide bonds. The largest absolute Gasteiger partial charge is 0.507 e. The molecule has 0 fully saturated rings. The molecule has 0 spiro atoms. The third-order valence-electron chi connectivity index (χ3n) is 3.13. The molecule has 0 aliphatic carbocycles. The molecule has 5 nitrogen and oxygen atoms in total. The van der Waals surface area contributed by atoms with Crippen LogP contribution in [0.1, 0.15) is 0 Å². The summed E-state index contributed by atoms with van der Waals surface area (Å²) < 4.78 is 31.7. The maximum Gasteiger partial charge on any atom is 0.294 e. The fraction of sp³-hybridized carbons (Fsp3) is 0. The van der Waals surface area contributed by atoms with Crippen molar-refractivity contribution in [3.8, 4) is 17.0 Å². The van der Waals surface area contributed by atoms with Crippen molar-refractivity contribution in [3.63, 3.8) is 0 Å². The molecule has 2 aromatic carbocycles. The standard InChI is InChI=1S/C14H11NO4S/c16-14-8-9(20(17,18)19)7-12-10(3-1-4-11(12)14)13-5-2-6-15-13/h1-8,15-16H,(H,17,18,19). The summed E-state index contributed by atoms with van der Waals surface area (Å²) in [6.07, 6.45) is 1.75. The smallest absolute Gasteiger partial charge is 0.294 e. The summed E-state index contributed by atoms with van der Waals surface area (Å²) in [5.74, 6) is -0.191. The number of hydrogen-bond donors (Lipinski definition) is 3. The first-order chi connectivity index (χ1) is 9.47. The van der Waals surface area contributed by atoms with Crippen molar-refractivity contribution < 1.29 is 18.1 Å². The van der Waals surface area contributed by atoms with Crippen LogP contribution >= 0.6 is 0 Å². The van der Waals surface area contributed by atoms with Gasteiger partial charge >= 0.3 is 0 Å². The Hall–Kier alpha value is -2.31. The molecule has 0 saturated heterocycles. The normalized spacial score (nSPS) is 11.8. The molecule has 0 bridgehead atoms. The van der Waals surface area contributed by atoms with Crippen molar-refractivity contribution in [3.05, 3.63) is 48.7 Å². The van der Waals surface area contributed by atoms with Gasteiger partial charge in [-0.1, -0.05) is 18.2 Å². The van der Waals surface area contributed by atoms with E-state index in [2.05, 4.69) is 4.98 Å². The van der Waals surface area contributed by atoms with E-state index in [0.717, 1.165) is 17.3 Å². The molecule has 20 heavy (non-hydrogen) atoms. The Kier molecular flexibility index (Phi) is 2.77. The molecule has 3 N–H and O–H groups in total. The zero-order chi connectivity index (χ0) is 14.3. The van der Waals surface area contributed by atoms with Crippen LogP contribution in [0.2, 0.25) is 0 Å². The minimum Gasteiger partial charge on any atom is -0.507 e. The monoisotopic (exact) mass is 289 g/mol. The predicted octanol–water partition coefficient (Wildman–Crippen LogP) is 2.79. The number of phenolic OH excluding ortho intramolecular Hbond substituents is 1. The Morgan fingerprint density at radius 2 is 1.80 bits per heavy atom. The third-order valence-corrected chi connectivity index (χ3v) is 3.97. The van der Waals surface area contributed by atoms with Gasteiger partial charge in [-0.05, 0) is 23.6 Å². The van der Waals surface area contributed by atoms with Gasteiger partial charge in [0.2, 0.25) is 0 Å². The highest BCUT2D eigenvalue weighted by Crippen LogP contribution is 2.34. The SMILES string of the molecule is O=S(=O)(O)c1cc(O)c2cccc(-c3ccc[nH]3)c2c1. The van der Waals surface area contributed by atoms with Crippen LogP contribution in [0, 0.1) is 0 Å². The predicted molar refractivity (Wildman–Crippen MR) is 75.2 cm³/mol. The lowest BCUT2D eigenvalue weighted by atomic mass is 10.0. The minimum atomic E-state index is -4.37. The van der Waals surface area contributed by atoms with Crippen LogP contribution in [-0.4, -0.2) is 23.1 Å². The first-order valence-corrected chi connectivity index (χ1v) is 7.28. The van der Waals surface area contributed by atoms with E-state index in [0.29, 0.717) is 10.8 Å². The van der Waals surface area contributed by atoms with E-state index in [4.69, 9.17) is 4.55 Å². The van der Waals surface area contributed by atoms with Gasteiger partial charge in [0.05, 0.1) is 4.90 Å². The van der Waals surface area contributed by atoms with E-state index in [9.17, 15) is 13.5 Å². The first-order valence-electron chi connectivity index (χ1n) is 5.84. The molecule has 3 aromatic rings. The Labute approximate surface area is 115 Å². The van der Waals surface area contributed by atoms with Gasteiger partial charge in [-0.2, -0.15) is 8.42 Å². The van der Waals surface area contributed by atoms with Crippen molar-refractivity contribution >= 4 is 20.9 Å². The summed E-state index contributed by atoms with van der Waals surface area (Å²) in [6, 6.07) is 11.3. The molecule has 0 saturated carbocycles. The fourth-order valence-electron chi connectivity index (χ4n) is 2.22. The van der Waals surface area contributed by atoms with Crippen molar-refractivity contribution in [1.82, 2.24) is 4.98 Å². The number of aromatic nitrogens is 1. The first kappa shape index (κ1) is 12.7. The average Bonchev–Trinajstić information content (AvgIpc) is 2.90. The maximum absolute atomic E-state index is 11.3. The molecule has 0 radical (unpaired) electrons. The molecule has 0 aliphatic rings. The number of nitrogens with one attached hydrogen (secondary N) is 1. The third kappa shape index (κ3) is 2.04. The van der Waals surface area contributed by atoms with Crippen LogP contribution in [0.4, 0.5) is 0 Å². The molecule has 0 unspecified atom stereocenters. The number of phenols is 1. The van der Waals surface area contributed by atoms with Gasteiger partial charge in [0.1, 0.15) is 5.75 Å². The van der Waals surface area contributed by atoms with E-state index >= 15 is 0 Å². The molecule has 1 aromatic heterocycles. The number of aromatic hydroxyl groups is 1. The molecular formula is C14H11NO4S. The summed E-state index contributed by atoms with van der Waals surface area (Å²) in [4.78, 5) is 2.70.